The van der Waals surface area contributed by atoms with Gasteiger partial charge in [0.2, 0.25) is 0 Å². The number of hydrogen-bond donors (Lipinski definition) is 1. The van der Waals surface area contributed by atoms with E-state index in [1.807, 2.05) is 47.0 Å². The molecule has 0 aromatic heterocycles. The van der Waals surface area contributed by atoms with Crippen molar-refractivity contribution < 1.29 is 9.53 Å². The number of benzene rings is 2. The first-order valence-corrected chi connectivity index (χ1v) is 9.17. The average molecular weight is 342 g/mol. The molecule has 1 N–H and O–H groups in total. The molecule has 0 radical (unpaired) electrons. The van der Waals surface area contributed by atoms with Crippen molar-refractivity contribution >= 4 is 23.5 Å². The Morgan fingerprint density at radius 3 is 2.58 bits per heavy atom. The van der Waals surface area contributed by atoms with Crippen LogP contribution in [0.4, 0.5) is 10.5 Å². The van der Waals surface area contributed by atoms with Crippen LogP contribution in [0.15, 0.2) is 54.6 Å². The Morgan fingerprint density at radius 2 is 1.88 bits per heavy atom. The summed E-state index contributed by atoms with van der Waals surface area (Å²) in [6.07, 6.45) is 0.977. The number of thioether (sulfide) groups is 1. The van der Waals surface area contributed by atoms with E-state index in [4.69, 9.17) is 4.74 Å². The normalized spacial score (nSPS) is 17.9. The predicted octanol–water partition coefficient (Wildman–Crippen LogP) is 4.41. The molecule has 0 aliphatic carbocycles. The van der Waals surface area contributed by atoms with Gasteiger partial charge in [-0.1, -0.05) is 30.3 Å². The molecule has 1 saturated heterocycles. The van der Waals surface area contributed by atoms with E-state index in [1.54, 1.807) is 7.11 Å². The van der Waals surface area contributed by atoms with Gasteiger partial charge in [-0.15, -0.1) is 0 Å². The van der Waals surface area contributed by atoms with Gasteiger partial charge in [0.25, 0.3) is 0 Å². The molecule has 2 aromatic carbocycles. The van der Waals surface area contributed by atoms with Crippen molar-refractivity contribution in [1.29, 1.82) is 0 Å². The zero-order chi connectivity index (χ0) is 16.8. The maximum absolute atomic E-state index is 12.5. The first-order chi connectivity index (χ1) is 11.8. The summed E-state index contributed by atoms with van der Waals surface area (Å²) in [5.74, 6) is 1.74. The standard InChI is InChI=1S/C19H22N2O2S/c1-23-17-9-7-16(8-10-17)20-19(22)21-12-11-18(24-14-13-21)15-5-3-2-4-6-15/h2-10,18H,11-14H2,1H3,(H,20,22). The molecule has 2 aromatic rings. The summed E-state index contributed by atoms with van der Waals surface area (Å²) in [5.41, 5.74) is 2.14. The van der Waals surface area contributed by atoms with Gasteiger partial charge in [0.05, 0.1) is 7.11 Å². The minimum Gasteiger partial charge on any atom is -0.497 e. The van der Waals surface area contributed by atoms with Crippen LogP contribution in [0.25, 0.3) is 0 Å². The minimum atomic E-state index is -0.0329. The van der Waals surface area contributed by atoms with Gasteiger partial charge in [0.1, 0.15) is 5.75 Å². The third-order valence-corrected chi connectivity index (χ3v) is 5.47. The number of ether oxygens (including phenoxy) is 1. The fourth-order valence-electron chi connectivity index (χ4n) is 2.78. The highest BCUT2D eigenvalue weighted by Crippen LogP contribution is 2.34. The topological polar surface area (TPSA) is 41.6 Å². The molecule has 5 heteroatoms. The van der Waals surface area contributed by atoms with Crippen LogP contribution in [0, 0.1) is 0 Å². The number of carbonyl (C=O) groups excluding carboxylic acids is 1. The molecule has 24 heavy (non-hydrogen) atoms. The van der Waals surface area contributed by atoms with E-state index in [9.17, 15) is 4.79 Å². The summed E-state index contributed by atoms with van der Waals surface area (Å²) < 4.78 is 5.13. The summed E-state index contributed by atoms with van der Waals surface area (Å²) in [4.78, 5) is 14.4. The van der Waals surface area contributed by atoms with E-state index in [2.05, 4.69) is 29.6 Å². The Kier molecular flexibility index (Phi) is 5.64. The smallest absolute Gasteiger partial charge is 0.321 e. The zero-order valence-corrected chi connectivity index (χ0v) is 14.6. The lowest BCUT2D eigenvalue weighted by molar-refractivity contribution is 0.215. The van der Waals surface area contributed by atoms with Crippen LogP contribution in [-0.4, -0.2) is 36.9 Å². The Hall–Kier alpha value is -2.14. The van der Waals surface area contributed by atoms with Gasteiger partial charge in [-0.2, -0.15) is 11.8 Å². The number of nitrogens with zero attached hydrogens (tertiary/aromatic N) is 1. The van der Waals surface area contributed by atoms with Crippen LogP contribution in [0.5, 0.6) is 5.75 Å². The fraction of sp³-hybridized carbons (Fsp3) is 0.316. The number of anilines is 1. The van der Waals surface area contributed by atoms with Crippen molar-refractivity contribution in [2.24, 2.45) is 0 Å². The summed E-state index contributed by atoms with van der Waals surface area (Å²) in [5, 5.41) is 3.43. The van der Waals surface area contributed by atoms with Crippen molar-refractivity contribution in [3.63, 3.8) is 0 Å². The Morgan fingerprint density at radius 1 is 1.12 bits per heavy atom. The number of hydrogen-bond acceptors (Lipinski definition) is 3. The highest BCUT2D eigenvalue weighted by molar-refractivity contribution is 7.99. The molecule has 0 saturated carbocycles. The molecule has 4 nitrogen and oxygen atoms in total. The maximum Gasteiger partial charge on any atom is 0.321 e. The molecule has 1 fully saturated rings. The van der Waals surface area contributed by atoms with Gasteiger partial charge in [-0.3, -0.25) is 0 Å². The van der Waals surface area contributed by atoms with Gasteiger partial charge >= 0.3 is 6.03 Å². The summed E-state index contributed by atoms with van der Waals surface area (Å²) in [7, 11) is 1.63. The van der Waals surface area contributed by atoms with E-state index in [0.29, 0.717) is 5.25 Å². The molecular formula is C19H22N2O2S. The monoisotopic (exact) mass is 342 g/mol. The predicted molar refractivity (Wildman–Crippen MR) is 99.8 cm³/mol. The molecule has 1 atom stereocenters. The maximum atomic E-state index is 12.5. The van der Waals surface area contributed by atoms with Gasteiger partial charge < -0.3 is 15.0 Å². The van der Waals surface area contributed by atoms with Crippen LogP contribution in [0.1, 0.15) is 17.2 Å². The third-order valence-electron chi connectivity index (χ3n) is 4.14. The molecule has 1 aliphatic heterocycles. The van der Waals surface area contributed by atoms with E-state index < -0.39 is 0 Å². The van der Waals surface area contributed by atoms with E-state index in [0.717, 1.165) is 36.7 Å². The van der Waals surface area contributed by atoms with Crippen molar-refractivity contribution in [3.05, 3.63) is 60.2 Å². The lowest BCUT2D eigenvalue weighted by atomic mass is 10.1. The second-order valence-corrected chi connectivity index (χ2v) is 7.02. The number of nitrogens with one attached hydrogen (secondary N) is 1. The minimum absolute atomic E-state index is 0.0329. The molecule has 3 rings (SSSR count). The van der Waals surface area contributed by atoms with Crippen molar-refractivity contribution in [3.8, 4) is 5.75 Å². The first kappa shape index (κ1) is 16.7. The number of amides is 2. The Labute approximate surface area is 147 Å². The van der Waals surface area contributed by atoms with Crippen LogP contribution >= 0.6 is 11.8 Å². The summed E-state index contributed by atoms with van der Waals surface area (Å²) >= 11 is 1.93. The van der Waals surface area contributed by atoms with Crippen LogP contribution < -0.4 is 10.1 Å². The average Bonchev–Trinajstić information content (AvgIpc) is 2.89. The van der Waals surface area contributed by atoms with Crippen LogP contribution in [-0.2, 0) is 0 Å². The van der Waals surface area contributed by atoms with Crippen molar-refractivity contribution in [2.45, 2.75) is 11.7 Å². The fourth-order valence-corrected chi connectivity index (χ4v) is 4.02. The van der Waals surface area contributed by atoms with Crippen LogP contribution in [0.2, 0.25) is 0 Å². The number of methoxy groups -OCH3 is 1. The van der Waals surface area contributed by atoms with Gasteiger partial charge in [0.15, 0.2) is 0 Å². The SMILES string of the molecule is COc1ccc(NC(=O)N2CCSC(c3ccccc3)CC2)cc1. The Bertz CT molecular complexity index is 661. The highest BCUT2D eigenvalue weighted by atomic mass is 32.2. The van der Waals surface area contributed by atoms with E-state index >= 15 is 0 Å². The molecule has 126 valence electrons. The Balaban J connectivity index is 1.57. The van der Waals surface area contributed by atoms with E-state index in [-0.39, 0.29) is 6.03 Å². The number of rotatable bonds is 3. The summed E-state index contributed by atoms with van der Waals surface area (Å²) in [6.45, 7) is 1.55. The molecule has 1 unspecified atom stereocenters. The highest BCUT2D eigenvalue weighted by Gasteiger charge is 2.22. The summed E-state index contributed by atoms with van der Waals surface area (Å²) in [6, 6.07) is 17.9. The molecule has 1 aliphatic rings. The molecule has 0 spiro atoms. The largest absolute Gasteiger partial charge is 0.497 e. The number of carbonyl (C=O) groups is 1. The third kappa shape index (κ3) is 4.23. The second-order valence-electron chi connectivity index (χ2n) is 5.70. The first-order valence-electron chi connectivity index (χ1n) is 8.13. The molecular weight excluding hydrogens is 320 g/mol. The quantitative estimate of drug-likeness (QED) is 0.898. The molecule has 1 heterocycles. The zero-order valence-electron chi connectivity index (χ0n) is 13.8. The second kappa shape index (κ2) is 8.11. The lowest BCUT2D eigenvalue weighted by Gasteiger charge is -2.21. The molecule has 2 amide bonds. The molecule has 0 bridgehead atoms. The van der Waals surface area contributed by atoms with Gasteiger partial charge in [-0.05, 0) is 36.2 Å². The van der Waals surface area contributed by atoms with Crippen molar-refractivity contribution in [2.75, 3.05) is 31.3 Å². The van der Waals surface area contributed by atoms with Crippen LogP contribution in [0.3, 0.4) is 0 Å². The van der Waals surface area contributed by atoms with Gasteiger partial charge in [0, 0.05) is 29.8 Å². The number of urea groups is 1. The van der Waals surface area contributed by atoms with Gasteiger partial charge in [-0.25, -0.2) is 4.79 Å². The lowest BCUT2D eigenvalue weighted by Crippen LogP contribution is -2.36. The van der Waals surface area contributed by atoms with Crippen molar-refractivity contribution in [1.82, 2.24) is 4.90 Å². The van der Waals surface area contributed by atoms with E-state index in [1.165, 1.54) is 5.56 Å².